The molecule has 1 N–H and O–H groups in total. The summed E-state index contributed by atoms with van der Waals surface area (Å²) in [5.74, 6) is -1.99. The Hall–Kier alpha value is -2.76. The highest BCUT2D eigenvalue weighted by molar-refractivity contribution is 6.39. The third-order valence-electron chi connectivity index (χ3n) is 3.37. The van der Waals surface area contributed by atoms with Crippen LogP contribution >= 0.6 is 0 Å². The number of aromatic nitrogens is 1. The predicted octanol–water partition coefficient (Wildman–Crippen LogP) is 2.38. The maximum absolute atomic E-state index is 13.1. The molecule has 5 nitrogen and oxygen atoms in total. The third kappa shape index (κ3) is 3.66. The van der Waals surface area contributed by atoms with Crippen molar-refractivity contribution in [2.45, 2.75) is 13.0 Å². The fourth-order valence-electron chi connectivity index (χ4n) is 1.95. The Morgan fingerprint density at radius 2 is 1.91 bits per heavy atom. The molecule has 0 bridgehead atoms. The lowest BCUT2D eigenvalue weighted by Gasteiger charge is -2.24. The highest BCUT2D eigenvalue weighted by Gasteiger charge is 2.23. The van der Waals surface area contributed by atoms with Gasteiger partial charge in [0, 0.05) is 25.1 Å². The van der Waals surface area contributed by atoms with Crippen LogP contribution in [0, 0.1) is 5.82 Å². The highest BCUT2D eigenvalue weighted by Crippen LogP contribution is 2.18. The summed E-state index contributed by atoms with van der Waals surface area (Å²) in [6.07, 6.45) is 3.24. The van der Waals surface area contributed by atoms with Gasteiger partial charge in [0.1, 0.15) is 5.82 Å². The van der Waals surface area contributed by atoms with Crippen LogP contribution in [0.25, 0.3) is 0 Å². The van der Waals surface area contributed by atoms with Crippen molar-refractivity contribution >= 4 is 17.5 Å². The molecule has 0 aliphatic rings. The second-order valence-corrected chi connectivity index (χ2v) is 4.84. The van der Waals surface area contributed by atoms with Crippen molar-refractivity contribution in [1.82, 2.24) is 9.88 Å². The molecule has 0 saturated heterocycles. The molecule has 0 aliphatic carbocycles. The van der Waals surface area contributed by atoms with Gasteiger partial charge in [-0.15, -0.1) is 0 Å². The average molecular weight is 301 g/mol. The van der Waals surface area contributed by atoms with Crippen LogP contribution in [0.4, 0.5) is 10.1 Å². The molecule has 0 aliphatic heterocycles. The van der Waals surface area contributed by atoms with Gasteiger partial charge in [0.05, 0.1) is 6.04 Å². The molecule has 2 aromatic rings. The molecule has 114 valence electrons. The first-order valence-electron chi connectivity index (χ1n) is 6.72. The molecule has 1 aromatic carbocycles. The van der Waals surface area contributed by atoms with Crippen molar-refractivity contribution in [3.63, 3.8) is 0 Å². The van der Waals surface area contributed by atoms with E-state index in [1.54, 1.807) is 31.6 Å². The van der Waals surface area contributed by atoms with E-state index in [0.29, 0.717) is 0 Å². The largest absolute Gasteiger partial charge is 0.331 e. The van der Waals surface area contributed by atoms with E-state index in [-0.39, 0.29) is 11.7 Å². The summed E-state index contributed by atoms with van der Waals surface area (Å²) < 4.78 is 13.1. The number of pyridine rings is 1. The number of likely N-dealkylation sites (N-methyl/N-ethyl adjacent to an activating group) is 1. The summed E-state index contributed by atoms with van der Waals surface area (Å²) in [5, 5.41) is 2.39. The number of hydrogen-bond donors (Lipinski definition) is 1. The van der Waals surface area contributed by atoms with Crippen LogP contribution in [0.1, 0.15) is 18.5 Å². The minimum absolute atomic E-state index is 0.239. The normalized spacial score (nSPS) is 11.6. The molecular weight excluding hydrogens is 285 g/mol. The average Bonchev–Trinajstić information content (AvgIpc) is 2.53. The van der Waals surface area contributed by atoms with E-state index >= 15 is 0 Å². The lowest BCUT2D eigenvalue weighted by Crippen LogP contribution is -2.38. The maximum atomic E-state index is 13.1. The zero-order chi connectivity index (χ0) is 16.1. The summed E-state index contributed by atoms with van der Waals surface area (Å²) in [6, 6.07) is 8.65. The van der Waals surface area contributed by atoms with E-state index in [0.717, 1.165) is 11.6 Å². The number of halogens is 1. The SMILES string of the molecule is C[C@@H](c1ccncc1)N(C)C(=O)C(=O)Nc1cccc(F)c1. The molecule has 22 heavy (non-hydrogen) atoms. The van der Waals surface area contributed by atoms with Gasteiger partial charge in [-0.2, -0.15) is 0 Å². The van der Waals surface area contributed by atoms with Crippen molar-refractivity contribution in [2.75, 3.05) is 12.4 Å². The van der Waals surface area contributed by atoms with Crippen LogP contribution in [0.3, 0.4) is 0 Å². The fraction of sp³-hybridized carbons (Fsp3) is 0.188. The molecule has 0 fully saturated rings. The molecule has 0 spiro atoms. The molecule has 0 unspecified atom stereocenters. The van der Waals surface area contributed by atoms with E-state index in [4.69, 9.17) is 0 Å². The summed E-state index contributed by atoms with van der Waals surface area (Å²) in [6.45, 7) is 1.81. The Kier molecular flexibility index (Phi) is 4.83. The van der Waals surface area contributed by atoms with Crippen LogP contribution in [-0.4, -0.2) is 28.7 Å². The standard InChI is InChI=1S/C16H16FN3O2/c1-11(12-6-8-18-9-7-12)20(2)16(22)15(21)19-14-5-3-4-13(17)10-14/h3-11H,1-2H3,(H,19,21)/t11-/m0/s1. The molecule has 2 rings (SSSR count). The number of benzene rings is 1. The Balaban J connectivity index is 2.05. The Labute approximate surface area is 127 Å². The van der Waals surface area contributed by atoms with E-state index in [1.807, 2.05) is 6.92 Å². The van der Waals surface area contributed by atoms with Gasteiger partial charge in [-0.3, -0.25) is 14.6 Å². The number of hydrogen-bond acceptors (Lipinski definition) is 3. The van der Waals surface area contributed by atoms with Crippen molar-refractivity contribution < 1.29 is 14.0 Å². The minimum atomic E-state index is -0.811. The van der Waals surface area contributed by atoms with Gasteiger partial charge in [0.2, 0.25) is 0 Å². The summed E-state index contributed by atoms with van der Waals surface area (Å²) in [4.78, 5) is 29.4. The monoisotopic (exact) mass is 301 g/mol. The second-order valence-electron chi connectivity index (χ2n) is 4.84. The van der Waals surface area contributed by atoms with Crippen LogP contribution < -0.4 is 5.32 Å². The number of amides is 2. The van der Waals surface area contributed by atoms with Gasteiger partial charge in [0.25, 0.3) is 0 Å². The molecular formula is C16H16FN3O2. The zero-order valence-electron chi connectivity index (χ0n) is 12.3. The topological polar surface area (TPSA) is 62.3 Å². The minimum Gasteiger partial charge on any atom is -0.331 e. The first kappa shape index (κ1) is 15.6. The zero-order valence-corrected chi connectivity index (χ0v) is 12.3. The predicted molar refractivity (Wildman–Crippen MR) is 80.5 cm³/mol. The van der Waals surface area contributed by atoms with Crippen LogP contribution in [-0.2, 0) is 9.59 Å². The number of anilines is 1. The molecule has 1 heterocycles. The number of carbonyl (C=O) groups excluding carboxylic acids is 2. The van der Waals surface area contributed by atoms with Crippen LogP contribution in [0.2, 0.25) is 0 Å². The fourth-order valence-corrected chi connectivity index (χ4v) is 1.95. The highest BCUT2D eigenvalue weighted by atomic mass is 19.1. The van der Waals surface area contributed by atoms with Gasteiger partial charge in [-0.05, 0) is 42.8 Å². The summed E-state index contributed by atoms with van der Waals surface area (Å²) in [5.41, 5.74) is 1.10. The molecule has 1 atom stereocenters. The Bertz CT molecular complexity index is 676. The molecule has 1 aromatic heterocycles. The van der Waals surface area contributed by atoms with E-state index in [2.05, 4.69) is 10.3 Å². The summed E-state index contributed by atoms with van der Waals surface area (Å²) >= 11 is 0. The molecule has 2 amide bonds. The van der Waals surface area contributed by atoms with E-state index in [9.17, 15) is 14.0 Å². The van der Waals surface area contributed by atoms with Crippen molar-refractivity contribution in [3.8, 4) is 0 Å². The molecule has 6 heteroatoms. The second kappa shape index (κ2) is 6.80. The maximum Gasteiger partial charge on any atom is 0.313 e. The third-order valence-corrected chi connectivity index (χ3v) is 3.37. The smallest absolute Gasteiger partial charge is 0.313 e. The molecule has 0 radical (unpaired) electrons. The van der Waals surface area contributed by atoms with Crippen molar-refractivity contribution in [1.29, 1.82) is 0 Å². The number of nitrogens with one attached hydrogen (secondary N) is 1. The van der Waals surface area contributed by atoms with Gasteiger partial charge < -0.3 is 10.2 Å². The quantitative estimate of drug-likeness (QED) is 0.885. The van der Waals surface area contributed by atoms with Gasteiger partial charge >= 0.3 is 11.8 Å². The van der Waals surface area contributed by atoms with E-state index in [1.165, 1.54) is 23.1 Å². The number of nitrogens with zero attached hydrogens (tertiary/aromatic N) is 2. The van der Waals surface area contributed by atoms with Gasteiger partial charge in [-0.1, -0.05) is 6.07 Å². The van der Waals surface area contributed by atoms with E-state index < -0.39 is 17.6 Å². The molecule has 0 saturated carbocycles. The van der Waals surface area contributed by atoms with Crippen molar-refractivity contribution in [2.24, 2.45) is 0 Å². The Morgan fingerprint density at radius 3 is 2.55 bits per heavy atom. The summed E-state index contributed by atoms with van der Waals surface area (Å²) in [7, 11) is 1.54. The lowest BCUT2D eigenvalue weighted by atomic mass is 10.1. The Morgan fingerprint density at radius 1 is 1.23 bits per heavy atom. The van der Waals surface area contributed by atoms with Crippen LogP contribution in [0.5, 0.6) is 0 Å². The van der Waals surface area contributed by atoms with Crippen LogP contribution in [0.15, 0.2) is 48.8 Å². The van der Waals surface area contributed by atoms with Gasteiger partial charge in [0.15, 0.2) is 0 Å². The number of rotatable bonds is 3. The first-order chi connectivity index (χ1) is 10.5. The lowest BCUT2D eigenvalue weighted by molar-refractivity contribution is -0.143. The van der Waals surface area contributed by atoms with Crippen molar-refractivity contribution in [3.05, 3.63) is 60.2 Å². The first-order valence-corrected chi connectivity index (χ1v) is 6.72. The van der Waals surface area contributed by atoms with Gasteiger partial charge in [-0.25, -0.2) is 4.39 Å². The number of carbonyl (C=O) groups is 2.